The number of carbonyl (C=O) groups is 1. The maximum absolute atomic E-state index is 14.7. The third-order valence-corrected chi connectivity index (χ3v) is 7.25. The zero-order chi connectivity index (χ0) is 24.1. The minimum atomic E-state index is -1.12. The van der Waals surface area contributed by atoms with Crippen molar-refractivity contribution in [2.75, 3.05) is 12.9 Å². The molecule has 1 fully saturated rings. The minimum Gasteiger partial charge on any atom is -0.465 e. The van der Waals surface area contributed by atoms with Crippen LogP contribution in [0.2, 0.25) is 0 Å². The fourth-order valence-corrected chi connectivity index (χ4v) is 5.60. The third kappa shape index (κ3) is 4.48. The van der Waals surface area contributed by atoms with Crippen LogP contribution in [0.15, 0.2) is 23.4 Å². The fraction of sp³-hybridized carbons (Fsp3) is 0.565. The number of carboxylic acid groups (broad SMARTS) is 1. The van der Waals surface area contributed by atoms with Crippen LogP contribution in [-0.4, -0.2) is 61.0 Å². The molecule has 0 aliphatic carbocycles. The number of rotatable bonds is 4. The molecule has 2 aliphatic rings. The summed E-state index contributed by atoms with van der Waals surface area (Å²) in [5.74, 6) is -1.19. The van der Waals surface area contributed by atoms with Crippen LogP contribution in [0.25, 0.3) is 0 Å². The van der Waals surface area contributed by atoms with E-state index in [1.165, 1.54) is 4.90 Å². The summed E-state index contributed by atoms with van der Waals surface area (Å²) in [6.07, 6.45) is 0.411. The number of nitrogens with zero attached hydrogens (tertiary/aromatic N) is 4. The number of amides is 1. The van der Waals surface area contributed by atoms with Crippen molar-refractivity contribution in [3.63, 3.8) is 0 Å². The highest BCUT2D eigenvalue weighted by atomic mass is 32.2. The van der Waals surface area contributed by atoms with Gasteiger partial charge in [0, 0.05) is 37.3 Å². The highest BCUT2D eigenvalue weighted by Crippen LogP contribution is 2.40. The van der Waals surface area contributed by atoms with Crippen LogP contribution >= 0.6 is 11.8 Å². The molecule has 3 heterocycles. The van der Waals surface area contributed by atoms with Gasteiger partial charge in [-0.25, -0.2) is 18.6 Å². The Morgan fingerprint density at radius 2 is 2.03 bits per heavy atom. The quantitative estimate of drug-likeness (QED) is 0.654. The molecule has 33 heavy (non-hydrogen) atoms. The first-order valence-electron chi connectivity index (χ1n) is 10.9. The molecular formula is C23H30F2N4O3S. The number of benzene rings is 1. The lowest BCUT2D eigenvalue weighted by Crippen LogP contribution is -2.58. The van der Waals surface area contributed by atoms with Crippen LogP contribution in [0.5, 0.6) is 0 Å². The number of imidazole rings is 1. The Balaban J connectivity index is 1.65. The molecule has 0 unspecified atom stereocenters. The van der Waals surface area contributed by atoms with Crippen molar-refractivity contribution in [3.05, 3.63) is 46.8 Å². The standard InChI is InChI=1S/C23H30F2N4O3S/c1-23(2,3)29(22(30)31)18-9-14(12-32-20(18)15-8-13(24)6-7-16(15)25)28-10-17-19(11-28)27(4)21(26-17)33-5/h6-8,14,18,20H,9-12H2,1-5H3,(H,30,31)/t14-,18+,20-/m1/s1. The molecular weight excluding hydrogens is 450 g/mol. The molecule has 2 aliphatic heterocycles. The Bertz CT molecular complexity index is 1060. The van der Waals surface area contributed by atoms with Crippen LogP contribution in [0, 0.1) is 11.6 Å². The van der Waals surface area contributed by atoms with Gasteiger partial charge in [-0.05, 0) is 51.6 Å². The molecule has 10 heteroatoms. The monoisotopic (exact) mass is 480 g/mol. The van der Waals surface area contributed by atoms with Crippen LogP contribution in [-0.2, 0) is 24.9 Å². The maximum atomic E-state index is 14.7. The highest BCUT2D eigenvalue weighted by Gasteiger charge is 2.45. The molecule has 1 saturated heterocycles. The number of thioether (sulfide) groups is 1. The molecule has 1 aromatic heterocycles. The molecule has 0 radical (unpaired) electrons. The van der Waals surface area contributed by atoms with Gasteiger partial charge < -0.3 is 14.4 Å². The first-order chi connectivity index (χ1) is 15.5. The first-order valence-corrected chi connectivity index (χ1v) is 12.1. The van der Waals surface area contributed by atoms with Crippen molar-refractivity contribution >= 4 is 17.9 Å². The van der Waals surface area contributed by atoms with Gasteiger partial charge in [0.1, 0.15) is 17.7 Å². The van der Waals surface area contributed by atoms with Crippen molar-refractivity contribution < 1.29 is 23.4 Å². The van der Waals surface area contributed by atoms with Crippen molar-refractivity contribution in [2.24, 2.45) is 7.05 Å². The Morgan fingerprint density at radius 3 is 2.64 bits per heavy atom. The smallest absolute Gasteiger partial charge is 0.408 e. The summed E-state index contributed by atoms with van der Waals surface area (Å²) in [5.41, 5.74) is 1.44. The second kappa shape index (κ2) is 8.88. The molecule has 7 nitrogen and oxygen atoms in total. The maximum Gasteiger partial charge on any atom is 0.408 e. The largest absolute Gasteiger partial charge is 0.465 e. The molecule has 0 spiro atoms. The van der Waals surface area contributed by atoms with Crippen molar-refractivity contribution in [1.29, 1.82) is 0 Å². The highest BCUT2D eigenvalue weighted by molar-refractivity contribution is 7.98. The zero-order valence-corrected chi connectivity index (χ0v) is 20.3. The Morgan fingerprint density at radius 1 is 1.30 bits per heavy atom. The Kier molecular flexibility index (Phi) is 6.45. The van der Waals surface area contributed by atoms with Crippen molar-refractivity contribution in [1.82, 2.24) is 19.4 Å². The summed E-state index contributed by atoms with van der Waals surface area (Å²) < 4.78 is 36.9. The molecule has 0 bridgehead atoms. The molecule has 2 aromatic rings. The summed E-state index contributed by atoms with van der Waals surface area (Å²) >= 11 is 1.60. The van der Waals surface area contributed by atoms with E-state index < -0.39 is 35.4 Å². The number of fused-ring (bicyclic) bond motifs is 1. The predicted octanol–water partition coefficient (Wildman–Crippen LogP) is 4.41. The van der Waals surface area contributed by atoms with E-state index in [4.69, 9.17) is 9.72 Å². The van der Waals surface area contributed by atoms with Gasteiger partial charge in [-0.2, -0.15) is 0 Å². The van der Waals surface area contributed by atoms with E-state index in [1.807, 2.05) is 13.3 Å². The summed E-state index contributed by atoms with van der Waals surface area (Å²) in [7, 11) is 2.00. The topological polar surface area (TPSA) is 70.8 Å². The van der Waals surface area contributed by atoms with E-state index in [-0.39, 0.29) is 18.2 Å². The number of hydrogen-bond donors (Lipinski definition) is 1. The lowest BCUT2D eigenvalue weighted by atomic mass is 9.88. The Labute approximate surface area is 196 Å². The summed E-state index contributed by atoms with van der Waals surface area (Å²) in [6, 6.07) is 2.45. The molecule has 3 atom stereocenters. The summed E-state index contributed by atoms with van der Waals surface area (Å²) in [5, 5.41) is 11.0. The van der Waals surface area contributed by atoms with Crippen LogP contribution in [0.1, 0.15) is 50.2 Å². The minimum absolute atomic E-state index is 0.0462. The normalized spacial score (nSPS) is 23.5. The van der Waals surface area contributed by atoms with Gasteiger partial charge in [0.25, 0.3) is 0 Å². The summed E-state index contributed by atoms with van der Waals surface area (Å²) in [6.45, 7) is 7.00. The third-order valence-electron chi connectivity index (χ3n) is 6.52. The molecule has 1 aromatic carbocycles. The number of hydrogen-bond acceptors (Lipinski definition) is 5. The van der Waals surface area contributed by atoms with Gasteiger partial charge >= 0.3 is 6.09 Å². The van der Waals surface area contributed by atoms with Crippen molar-refractivity contribution in [3.8, 4) is 0 Å². The lowest BCUT2D eigenvalue weighted by molar-refractivity contribution is -0.103. The first kappa shape index (κ1) is 24.0. The van der Waals surface area contributed by atoms with Gasteiger partial charge in [-0.3, -0.25) is 9.80 Å². The zero-order valence-electron chi connectivity index (χ0n) is 19.5. The van der Waals surface area contributed by atoms with Crippen LogP contribution in [0.3, 0.4) is 0 Å². The molecule has 1 amide bonds. The number of aromatic nitrogens is 2. The van der Waals surface area contributed by atoms with E-state index in [0.29, 0.717) is 19.5 Å². The van der Waals surface area contributed by atoms with E-state index in [9.17, 15) is 18.7 Å². The number of ether oxygens (including phenoxy) is 1. The van der Waals surface area contributed by atoms with Gasteiger partial charge in [-0.1, -0.05) is 11.8 Å². The van der Waals surface area contributed by atoms with E-state index in [1.54, 1.807) is 32.5 Å². The van der Waals surface area contributed by atoms with Gasteiger partial charge in [-0.15, -0.1) is 0 Å². The average molecular weight is 481 g/mol. The van der Waals surface area contributed by atoms with Gasteiger partial charge in [0.2, 0.25) is 0 Å². The van der Waals surface area contributed by atoms with Crippen LogP contribution < -0.4 is 0 Å². The van der Waals surface area contributed by atoms with E-state index >= 15 is 0 Å². The lowest BCUT2D eigenvalue weighted by Gasteiger charge is -2.48. The predicted molar refractivity (Wildman–Crippen MR) is 121 cm³/mol. The molecule has 4 rings (SSSR count). The van der Waals surface area contributed by atoms with Gasteiger partial charge in [0.15, 0.2) is 5.16 Å². The molecule has 0 saturated carbocycles. The van der Waals surface area contributed by atoms with E-state index in [0.717, 1.165) is 34.7 Å². The fourth-order valence-electron chi connectivity index (χ4n) is 5.02. The second-order valence-corrected chi connectivity index (χ2v) is 10.4. The van der Waals surface area contributed by atoms with Crippen LogP contribution in [0.4, 0.5) is 13.6 Å². The molecule has 1 N–H and O–H groups in total. The Hall–Kier alpha value is -2.17. The number of halogens is 2. The second-order valence-electron chi connectivity index (χ2n) is 9.66. The average Bonchev–Trinajstić information content (AvgIpc) is 3.28. The van der Waals surface area contributed by atoms with Crippen molar-refractivity contribution in [2.45, 2.75) is 69.2 Å². The summed E-state index contributed by atoms with van der Waals surface area (Å²) in [4.78, 5) is 20.6. The van der Waals surface area contributed by atoms with E-state index in [2.05, 4.69) is 9.47 Å². The SMILES string of the molecule is CSc1nc2c(n1C)CN([C@H]1CO[C@H](c3cc(F)ccc3F)[C@@H](N(C(=O)O)C(C)(C)C)C1)C2. The molecule has 180 valence electrons. The van der Waals surface area contributed by atoms with Gasteiger partial charge in [0.05, 0.1) is 24.0 Å².